The minimum Gasteiger partial charge on any atom is -0.451 e. The average molecular weight is 447 g/mol. The summed E-state index contributed by atoms with van der Waals surface area (Å²) >= 11 is 0. The highest BCUT2D eigenvalue weighted by Gasteiger charge is 2.33. The van der Waals surface area contributed by atoms with Crippen LogP contribution in [-0.2, 0) is 27.0 Å². The Morgan fingerprint density at radius 1 is 1.25 bits per heavy atom. The number of aryl methyl sites for hydroxylation is 1. The number of rotatable bonds is 7. The molecule has 1 N–H and O–H groups in total. The molecule has 0 saturated carbocycles. The summed E-state index contributed by atoms with van der Waals surface area (Å²) in [7, 11) is 0. The number of anilines is 1. The molecule has 0 spiro atoms. The van der Waals surface area contributed by atoms with E-state index >= 15 is 0 Å². The van der Waals surface area contributed by atoms with Gasteiger partial charge in [0.05, 0.1) is 11.3 Å². The molecule has 0 aliphatic rings. The molecule has 1 amide bonds. The first-order chi connectivity index (χ1) is 14.9. The van der Waals surface area contributed by atoms with E-state index in [0.717, 1.165) is 30.1 Å². The van der Waals surface area contributed by atoms with Crippen molar-refractivity contribution in [3.63, 3.8) is 0 Å². The van der Waals surface area contributed by atoms with E-state index in [1.54, 1.807) is 6.07 Å². The Labute approximate surface area is 184 Å². The topological polar surface area (TPSA) is 84.1 Å². The molecule has 0 fully saturated rings. The van der Waals surface area contributed by atoms with Crippen LogP contribution in [0.4, 0.5) is 18.9 Å². The fourth-order valence-corrected chi connectivity index (χ4v) is 3.15. The molecule has 2 rings (SSSR count). The molecule has 1 aromatic carbocycles. The van der Waals surface area contributed by atoms with Crippen molar-refractivity contribution in [2.75, 3.05) is 11.9 Å². The van der Waals surface area contributed by atoms with E-state index in [0.29, 0.717) is 11.5 Å². The van der Waals surface area contributed by atoms with E-state index in [1.807, 2.05) is 19.9 Å². The molecule has 0 aliphatic heterocycles. The Morgan fingerprint density at radius 3 is 2.50 bits per heavy atom. The van der Waals surface area contributed by atoms with Crippen molar-refractivity contribution >= 4 is 23.6 Å². The van der Waals surface area contributed by atoms with Gasteiger partial charge in [0.15, 0.2) is 6.61 Å². The van der Waals surface area contributed by atoms with Crippen molar-refractivity contribution in [1.29, 1.82) is 5.26 Å². The number of hydrogen-bond acceptors (Lipinski definition) is 4. The molecule has 6 nitrogen and oxygen atoms in total. The van der Waals surface area contributed by atoms with Gasteiger partial charge in [-0.15, -0.1) is 0 Å². The highest BCUT2D eigenvalue weighted by Crippen LogP contribution is 2.34. The average Bonchev–Trinajstić information content (AvgIpc) is 2.96. The van der Waals surface area contributed by atoms with Gasteiger partial charge in [0.1, 0.15) is 11.6 Å². The Morgan fingerprint density at radius 2 is 1.91 bits per heavy atom. The van der Waals surface area contributed by atoms with E-state index in [4.69, 9.17) is 4.74 Å². The van der Waals surface area contributed by atoms with Gasteiger partial charge in [-0.25, -0.2) is 4.79 Å². The van der Waals surface area contributed by atoms with Crippen LogP contribution in [0.25, 0.3) is 6.08 Å². The van der Waals surface area contributed by atoms with Gasteiger partial charge < -0.3 is 14.6 Å². The molecule has 0 unspecified atom stereocenters. The Bertz CT molecular complexity index is 1080. The van der Waals surface area contributed by atoms with Crippen LogP contribution in [0.2, 0.25) is 0 Å². The van der Waals surface area contributed by atoms with Crippen LogP contribution >= 0.6 is 0 Å². The molecule has 0 saturated heterocycles. The lowest BCUT2D eigenvalue weighted by molar-refractivity contribution is -0.143. The number of para-hydroxylation sites is 1. The molecular formula is C23H24F3N3O3. The molecule has 9 heteroatoms. The molecular weight excluding hydrogens is 423 g/mol. The van der Waals surface area contributed by atoms with Gasteiger partial charge in [-0.05, 0) is 49.6 Å². The number of nitriles is 1. The van der Waals surface area contributed by atoms with Crippen LogP contribution in [0.1, 0.15) is 36.4 Å². The van der Waals surface area contributed by atoms with E-state index in [9.17, 15) is 28.0 Å². The minimum atomic E-state index is -4.65. The van der Waals surface area contributed by atoms with E-state index < -0.39 is 35.9 Å². The largest absolute Gasteiger partial charge is 0.451 e. The van der Waals surface area contributed by atoms with Gasteiger partial charge in [0.2, 0.25) is 0 Å². The molecule has 0 atom stereocenters. The number of alkyl halides is 3. The normalized spacial score (nSPS) is 11.9. The van der Waals surface area contributed by atoms with Crippen molar-refractivity contribution in [1.82, 2.24) is 4.57 Å². The second kappa shape index (κ2) is 10.2. The zero-order valence-corrected chi connectivity index (χ0v) is 18.2. The third-order valence-electron chi connectivity index (χ3n) is 4.64. The quantitative estimate of drug-likeness (QED) is 0.373. The molecule has 32 heavy (non-hydrogen) atoms. The number of amides is 1. The van der Waals surface area contributed by atoms with Gasteiger partial charge in [-0.3, -0.25) is 4.79 Å². The number of ether oxygens (including phenoxy) is 1. The lowest BCUT2D eigenvalue weighted by Gasteiger charge is -2.13. The van der Waals surface area contributed by atoms with E-state index in [2.05, 4.69) is 23.7 Å². The first-order valence-corrected chi connectivity index (χ1v) is 9.85. The van der Waals surface area contributed by atoms with Crippen molar-refractivity contribution in [3.05, 3.63) is 58.4 Å². The maximum absolute atomic E-state index is 13.0. The van der Waals surface area contributed by atoms with Crippen molar-refractivity contribution in [2.24, 2.45) is 5.92 Å². The number of aromatic nitrogens is 1. The highest BCUT2D eigenvalue weighted by atomic mass is 19.4. The number of halogens is 3. The zero-order valence-electron chi connectivity index (χ0n) is 18.2. The summed E-state index contributed by atoms with van der Waals surface area (Å²) in [5.41, 5.74) is 0.719. The number of hydrogen-bond donors (Lipinski definition) is 1. The molecule has 1 aromatic heterocycles. The summed E-state index contributed by atoms with van der Waals surface area (Å²) in [6.07, 6.45) is -3.28. The maximum atomic E-state index is 13.0. The summed E-state index contributed by atoms with van der Waals surface area (Å²) in [5, 5.41) is 11.4. The molecule has 1 heterocycles. The van der Waals surface area contributed by atoms with Gasteiger partial charge >= 0.3 is 12.1 Å². The second-order valence-electron chi connectivity index (χ2n) is 7.67. The molecule has 0 radical (unpaired) electrons. The summed E-state index contributed by atoms with van der Waals surface area (Å²) in [6.45, 7) is 7.87. The van der Waals surface area contributed by atoms with Gasteiger partial charge in [0, 0.05) is 17.9 Å². The van der Waals surface area contributed by atoms with Crippen LogP contribution in [0.5, 0.6) is 0 Å². The first kappa shape index (κ1) is 24.7. The lowest BCUT2D eigenvalue weighted by Crippen LogP contribution is -2.23. The van der Waals surface area contributed by atoms with Gasteiger partial charge in [-0.1, -0.05) is 26.0 Å². The van der Waals surface area contributed by atoms with Gasteiger partial charge in [-0.2, -0.15) is 18.4 Å². The molecule has 0 aliphatic carbocycles. The molecule has 170 valence electrons. The molecule has 0 bridgehead atoms. The number of nitrogens with one attached hydrogen (secondary N) is 1. The fraction of sp³-hybridized carbons (Fsp3) is 0.348. The number of esters is 1. The first-order valence-electron chi connectivity index (χ1n) is 9.85. The number of carbonyl (C=O) groups is 2. The van der Waals surface area contributed by atoms with Crippen molar-refractivity contribution in [2.45, 2.75) is 40.4 Å². The smallest absolute Gasteiger partial charge is 0.418 e. The van der Waals surface area contributed by atoms with Crippen LogP contribution in [0.15, 0.2) is 35.9 Å². The van der Waals surface area contributed by atoms with E-state index in [-0.39, 0.29) is 5.57 Å². The zero-order chi connectivity index (χ0) is 24.1. The summed E-state index contributed by atoms with van der Waals surface area (Å²) in [5.74, 6) is -1.60. The summed E-state index contributed by atoms with van der Waals surface area (Å²) in [4.78, 5) is 24.3. The lowest BCUT2D eigenvalue weighted by atomic mass is 10.1. The summed E-state index contributed by atoms with van der Waals surface area (Å²) in [6, 6.07) is 8.03. The fourth-order valence-electron chi connectivity index (χ4n) is 3.15. The number of carbonyl (C=O) groups excluding carboxylic acids is 2. The third-order valence-corrected chi connectivity index (χ3v) is 4.64. The Balaban J connectivity index is 2.09. The van der Waals surface area contributed by atoms with Crippen LogP contribution < -0.4 is 5.32 Å². The number of benzene rings is 1. The monoisotopic (exact) mass is 447 g/mol. The van der Waals surface area contributed by atoms with E-state index in [1.165, 1.54) is 18.2 Å². The van der Waals surface area contributed by atoms with Crippen molar-refractivity contribution < 1.29 is 27.5 Å². The standard InChI is InChI=1S/C23H24F3N3O3/c1-14(2)12-29-15(3)9-17(16(29)4)10-18(11-27)22(31)32-13-21(30)28-20-8-6-5-7-19(20)23(24,25)26/h5-10,14H,12-13H2,1-4H3,(H,28,30)/b18-10+. The van der Waals surface area contributed by atoms with Crippen LogP contribution in [0, 0.1) is 31.1 Å². The molecule has 2 aromatic rings. The second-order valence-corrected chi connectivity index (χ2v) is 7.67. The highest BCUT2D eigenvalue weighted by molar-refractivity contribution is 6.00. The van der Waals surface area contributed by atoms with Crippen molar-refractivity contribution in [3.8, 4) is 6.07 Å². The SMILES string of the molecule is Cc1cc(/C=C(\C#N)C(=O)OCC(=O)Nc2ccccc2C(F)(F)F)c(C)n1CC(C)C. The minimum absolute atomic E-state index is 0.321. The van der Waals surface area contributed by atoms with Crippen LogP contribution in [-0.4, -0.2) is 23.1 Å². The number of nitrogens with zero attached hydrogens (tertiary/aromatic N) is 2. The van der Waals surface area contributed by atoms with Crippen LogP contribution in [0.3, 0.4) is 0 Å². The maximum Gasteiger partial charge on any atom is 0.418 e. The Kier molecular flexibility index (Phi) is 7.87. The third kappa shape index (κ3) is 6.23. The van der Waals surface area contributed by atoms with Gasteiger partial charge in [0.25, 0.3) is 5.91 Å². The summed E-state index contributed by atoms with van der Waals surface area (Å²) < 4.78 is 46.0. The Hall–Kier alpha value is -3.54. The predicted molar refractivity (Wildman–Crippen MR) is 113 cm³/mol. The predicted octanol–water partition coefficient (Wildman–Crippen LogP) is 4.87.